The molecule has 1 aromatic heterocycles. The maximum atomic E-state index is 8.89. The van der Waals surface area contributed by atoms with Gasteiger partial charge in [0.2, 0.25) is 0 Å². The van der Waals surface area contributed by atoms with Gasteiger partial charge < -0.3 is 9.64 Å². The lowest BCUT2D eigenvalue weighted by molar-refractivity contribution is 0.122. The minimum Gasteiger partial charge on any atom is -0.378 e. The Morgan fingerprint density at radius 2 is 1.64 bits per heavy atom. The molecule has 1 saturated heterocycles. The lowest BCUT2D eigenvalue weighted by Crippen LogP contribution is -2.36. The Hall–Kier alpha value is -3.10. The van der Waals surface area contributed by atoms with E-state index in [-0.39, 0.29) is 0 Å². The highest BCUT2D eigenvalue weighted by Crippen LogP contribution is 2.26. The number of ether oxygens (including phenoxy) is 1. The van der Waals surface area contributed by atoms with Gasteiger partial charge in [0, 0.05) is 24.3 Å². The first-order chi connectivity index (χ1) is 12.3. The van der Waals surface area contributed by atoms with E-state index in [4.69, 9.17) is 10.00 Å². The van der Waals surface area contributed by atoms with Crippen molar-refractivity contribution < 1.29 is 4.74 Å². The Bertz CT molecular complexity index is 885. The van der Waals surface area contributed by atoms with Crippen molar-refractivity contribution >= 4 is 5.69 Å². The molecule has 124 valence electrons. The first kappa shape index (κ1) is 15.4. The number of nitrogens with zero attached hydrogens (tertiary/aromatic N) is 3. The Morgan fingerprint density at radius 3 is 2.32 bits per heavy atom. The smallest absolute Gasteiger partial charge is 0.0991 e. The van der Waals surface area contributed by atoms with Crippen LogP contribution in [-0.4, -0.2) is 36.5 Å². The fourth-order valence-corrected chi connectivity index (χ4v) is 3.01. The van der Waals surface area contributed by atoms with Crippen molar-refractivity contribution in [2.45, 2.75) is 0 Å². The third-order valence-corrected chi connectivity index (χ3v) is 4.44. The molecule has 2 aromatic carbocycles. The molecule has 5 heteroatoms. The quantitative estimate of drug-likeness (QED) is 0.799. The largest absolute Gasteiger partial charge is 0.378 e. The molecule has 5 nitrogen and oxygen atoms in total. The molecule has 1 aliphatic heterocycles. The van der Waals surface area contributed by atoms with Crippen LogP contribution in [0.25, 0.3) is 22.5 Å². The van der Waals surface area contributed by atoms with Crippen molar-refractivity contribution in [3.8, 4) is 28.6 Å². The van der Waals surface area contributed by atoms with E-state index in [0.29, 0.717) is 5.56 Å². The van der Waals surface area contributed by atoms with Gasteiger partial charge >= 0.3 is 0 Å². The Labute approximate surface area is 146 Å². The maximum absolute atomic E-state index is 8.89. The fraction of sp³-hybridized carbons (Fsp3) is 0.200. The van der Waals surface area contributed by atoms with Crippen LogP contribution < -0.4 is 4.90 Å². The summed E-state index contributed by atoms with van der Waals surface area (Å²) >= 11 is 0. The SMILES string of the molecule is N#Cc1ccc(-c2cc(-c3ccc(N4CCOCC4)cc3)n[nH]2)cc1. The molecule has 0 unspecified atom stereocenters. The van der Waals surface area contributed by atoms with Crippen LogP contribution in [0.1, 0.15) is 5.56 Å². The van der Waals surface area contributed by atoms with E-state index >= 15 is 0 Å². The number of anilines is 1. The summed E-state index contributed by atoms with van der Waals surface area (Å²) in [6.45, 7) is 3.44. The molecule has 1 aliphatic rings. The second-order valence-corrected chi connectivity index (χ2v) is 6.00. The molecule has 4 rings (SSSR count). The third kappa shape index (κ3) is 3.25. The van der Waals surface area contributed by atoms with Crippen molar-refractivity contribution in [1.29, 1.82) is 5.26 Å². The monoisotopic (exact) mass is 330 g/mol. The number of aromatic nitrogens is 2. The minimum absolute atomic E-state index is 0.655. The number of rotatable bonds is 3. The molecule has 0 aliphatic carbocycles. The summed E-state index contributed by atoms with van der Waals surface area (Å²) in [5.41, 5.74) is 5.82. The van der Waals surface area contributed by atoms with Crippen molar-refractivity contribution in [2.75, 3.05) is 31.2 Å². The molecule has 1 fully saturated rings. The molecule has 0 spiro atoms. The Balaban J connectivity index is 1.54. The van der Waals surface area contributed by atoms with Gasteiger partial charge in [-0.2, -0.15) is 10.4 Å². The van der Waals surface area contributed by atoms with Gasteiger partial charge in [0.15, 0.2) is 0 Å². The number of aromatic amines is 1. The average molecular weight is 330 g/mol. The first-order valence-corrected chi connectivity index (χ1v) is 8.32. The van der Waals surface area contributed by atoms with Gasteiger partial charge in [-0.3, -0.25) is 5.10 Å². The van der Waals surface area contributed by atoms with E-state index in [1.54, 1.807) is 0 Å². The van der Waals surface area contributed by atoms with E-state index in [9.17, 15) is 0 Å². The van der Waals surface area contributed by atoms with E-state index in [0.717, 1.165) is 48.8 Å². The van der Waals surface area contributed by atoms with Gasteiger partial charge in [0.1, 0.15) is 0 Å². The summed E-state index contributed by atoms with van der Waals surface area (Å²) in [6, 6.07) is 20.1. The summed E-state index contributed by atoms with van der Waals surface area (Å²) in [5, 5.41) is 16.4. The number of benzene rings is 2. The number of nitriles is 1. The molecular weight excluding hydrogens is 312 g/mol. The normalized spacial score (nSPS) is 14.3. The second kappa shape index (κ2) is 6.80. The predicted octanol–water partition coefficient (Wildman–Crippen LogP) is 3.45. The minimum atomic E-state index is 0.655. The van der Waals surface area contributed by atoms with Crippen LogP contribution in [0.3, 0.4) is 0 Å². The number of hydrogen-bond donors (Lipinski definition) is 1. The molecule has 0 saturated carbocycles. The maximum Gasteiger partial charge on any atom is 0.0991 e. The third-order valence-electron chi connectivity index (χ3n) is 4.44. The Kier molecular flexibility index (Phi) is 4.19. The topological polar surface area (TPSA) is 64.9 Å². The fourth-order valence-electron chi connectivity index (χ4n) is 3.01. The molecule has 0 atom stereocenters. The van der Waals surface area contributed by atoms with Crippen LogP contribution in [0, 0.1) is 11.3 Å². The highest BCUT2D eigenvalue weighted by atomic mass is 16.5. The summed E-state index contributed by atoms with van der Waals surface area (Å²) in [5.74, 6) is 0. The second-order valence-electron chi connectivity index (χ2n) is 6.00. The number of H-pyrrole nitrogens is 1. The zero-order chi connectivity index (χ0) is 17.1. The molecule has 0 amide bonds. The summed E-state index contributed by atoms with van der Waals surface area (Å²) < 4.78 is 5.40. The first-order valence-electron chi connectivity index (χ1n) is 8.32. The number of nitrogens with one attached hydrogen (secondary N) is 1. The summed E-state index contributed by atoms with van der Waals surface area (Å²) in [7, 11) is 0. The average Bonchev–Trinajstić information content (AvgIpc) is 3.19. The van der Waals surface area contributed by atoms with Gasteiger partial charge in [-0.25, -0.2) is 0 Å². The van der Waals surface area contributed by atoms with Crippen LogP contribution in [0.5, 0.6) is 0 Å². The number of hydrogen-bond acceptors (Lipinski definition) is 4. The highest BCUT2D eigenvalue weighted by Gasteiger charge is 2.12. The van der Waals surface area contributed by atoms with Crippen LogP contribution in [0.2, 0.25) is 0 Å². The lowest BCUT2D eigenvalue weighted by atomic mass is 10.1. The highest BCUT2D eigenvalue weighted by molar-refractivity contribution is 5.69. The van der Waals surface area contributed by atoms with Crippen molar-refractivity contribution in [2.24, 2.45) is 0 Å². The molecule has 25 heavy (non-hydrogen) atoms. The summed E-state index contributed by atoms with van der Waals surface area (Å²) in [6.07, 6.45) is 0. The van der Waals surface area contributed by atoms with E-state index < -0.39 is 0 Å². The van der Waals surface area contributed by atoms with E-state index in [2.05, 4.69) is 45.4 Å². The molecule has 3 aromatic rings. The van der Waals surface area contributed by atoms with Crippen LogP contribution in [0.15, 0.2) is 54.6 Å². The standard InChI is InChI=1S/C20H18N4O/c21-14-15-1-3-16(4-2-15)19-13-20(23-22-19)17-5-7-18(8-6-17)24-9-11-25-12-10-24/h1-8,13H,9-12H2,(H,22,23). The zero-order valence-electron chi connectivity index (χ0n) is 13.8. The number of morpholine rings is 1. The van der Waals surface area contributed by atoms with Crippen molar-refractivity contribution in [1.82, 2.24) is 10.2 Å². The van der Waals surface area contributed by atoms with E-state index in [1.165, 1.54) is 5.69 Å². The van der Waals surface area contributed by atoms with Crippen LogP contribution in [-0.2, 0) is 4.74 Å². The Morgan fingerprint density at radius 1 is 0.960 bits per heavy atom. The lowest BCUT2D eigenvalue weighted by Gasteiger charge is -2.28. The predicted molar refractivity (Wildman–Crippen MR) is 97.2 cm³/mol. The summed E-state index contributed by atoms with van der Waals surface area (Å²) in [4.78, 5) is 2.33. The molecule has 0 radical (unpaired) electrons. The van der Waals surface area contributed by atoms with E-state index in [1.807, 2.05) is 30.3 Å². The molecule has 1 N–H and O–H groups in total. The van der Waals surface area contributed by atoms with Gasteiger partial charge in [-0.15, -0.1) is 0 Å². The molecule has 0 bridgehead atoms. The van der Waals surface area contributed by atoms with Crippen molar-refractivity contribution in [3.63, 3.8) is 0 Å². The van der Waals surface area contributed by atoms with Crippen molar-refractivity contribution in [3.05, 3.63) is 60.2 Å². The van der Waals surface area contributed by atoms with Gasteiger partial charge in [-0.05, 0) is 35.9 Å². The van der Waals surface area contributed by atoms with Crippen LogP contribution in [0.4, 0.5) is 5.69 Å². The molecular formula is C20H18N4O. The van der Waals surface area contributed by atoms with Gasteiger partial charge in [-0.1, -0.05) is 24.3 Å². The molecule has 2 heterocycles. The van der Waals surface area contributed by atoms with Gasteiger partial charge in [0.25, 0.3) is 0 Å². The van der Waals surface area contributed by atoms with Gasteiger partial charge in [0.05, 0.1) is 36.2 Å². The zero-order valence-corrected chi connectivity index (χ0v) is 13.8. The van der Waals surface area contributed by atoms with Crippen LogP contribution >= 0.6 is 0 Å².